The van der Waals surface area contributed by atoms with E-state index >= 15 is 0 Å². The SMILES string of the molecule is CNCc1cc(OCC2CCCCC2)nc(C(C)(C)C)c1. The van der Waals surface area contributed by atoms with Crippen LogP contribution in [-0.2, 0) is 12.0 Å². The quantitative estimate of drug-likeness (QED) is 0.888. The van der Waals surface area contributed by atoms with Crippen LogP contribution in [0.25, 0.3) is 0 Å². The van der Waals surface area contributed by atoms with Crippen LogP contribution in [0.4, 0.5) is 0 Å². The average molecular weight is 290 g/mol. The van der Waals surface area contributed by atoms with Gasteiger partial charge in [0.1, 0.15) is 0 Å². The Kier molecular flexibility index (Phi) is 5.63. The highest BCUT2D eigenvalue weighted by molar-refractivity contribution is 5.28. The van der Waals surface area contributed by atoms with Crippen molar-refractivity contribution in [1.82, 2.24) is 10.3 Å². The van der Waals surface area contributed by atoms with Crippen LogP contribution in [0.2, 0.25) is 0 Å². The van der Waals surface area contributed by atoms with Gasteiger partial charge in [-0.3, -0.25) is 0 Å². The minimum absolute atomic E-state index is 0.0483. The second kappa shape index (κ2) is 7.26. The zero-order valence-corrected chi connectivity index (χ0v) is 14.0. The number of nitrogens with zero attached hydrogens (tertiary/aromatic N) is 1. The summed E-state index contributed by atoms with van der Waals surface area (Å²) in [5.41, 5.74) is 2.40. The second-order valence-electron chi connectivity index (χ2n) is 7.29. The van der Waals surface area contributed by atoms with Gasteiger partial charge < -0.3 is 10.1 Å². The molecule has 2 rings (SSSR count). The first-order valence-electron chi connectivity index (χ1n) is 8.28. The highest BCUT2D eigenvalue weighted by Crippen LogP contribution is 2.27. The summed E-state index contributed by atoms with van der Waals surface area (Å²) in [5.74, 6) is 1.50. The summed E-state index contributed by atoms with van der Waals surface area (Å²) >= 11 is 0. The number of hydrogen-bond acceptors (Lipinski definition) is 3. The monoisotopic (exact) mass is 290 g/mol. The third-order valence-corrected chi connectivity index (χ3v) is 4.20. The molecule has 1 aliphatic carbocycles. The Hall–Kier alpha value is -1.09. The number of ether oxygens (including phenoxy) is 1. The molecule has 1 aromatic rings. The number of nitrogens with one attached hydrogen (secondary N) is 1. The standard InChI is InChI=1S/C18H30N2O/c1-18(2,3)16-10-15(12-19-4)11-17(20-16)21-13-14-8-6-5-7-9-14/h10-11,14,19H,5-9,12-13H2,1-4H3. The minimum Gasteiger partial charge on any atom is -0.477 e. The Morgan fingerprint density at radius 2 is 1.90 bits per heavy atom. The molecule has 3 heteroatoms. The van der Waals surface area contributed by atoms with E-state index in [-0.39, 0.29) is 5.41 Å². The Bertz CT molecular complexity index is 445. The molecule has 1 fully saturated rings. The molecule has 1 aromatic heterocycles. The molecule has 1 aliphatic rings. The molecule has 0 atom stereocenters. The van der Waals surface area contributed by atoms with Crippen LogP contribution < -0.4 is 10.1 Å². The summed E-state index contributed by atoms with van der Waals surface area (Å²) in [7, 11) is 1.97. The van der Waals surface area contributed by atoms with Gasteiger partial charge in [-0.1, -0.05) is 40.0 Å². The van der Waals surface area contributed by atoms with Crippen molar-refractivity contribution in [2.75, 3.05) is 13.7 Å². The Labute approximate surface area is 129 Å². The van der Waals surface area contributed by atoms with Crippen molar-refractivity contribution in [2.45, 2.75) is 64.8 Å². The van der Waals surface area contributed by atoms with E-state index in [4.69, 9.17) is 9.72 Å². The van der Waals surface area contributed by atoms with Crippen molar-refractivity contribution < 1.29 is 4.74 Å². The molecule has 118 valence electrons. The van der Waals surface area contributed by atoms with E-state index in [0.29, 0.717) is 5.92 Å². The normalized spacial score (nSPS) is 17.0. The van der Waals surface area contributed by atoms with Crippen molar-refractivity contribution in [3.05, 3.63) is 23.4 Å². The third-order valence-electron chi connectivity index (χ3n) is 4.20. The topological polar surface area (TPSA) is 34.1 Å². The molecule has 0 aliphatic heterocycles. The molecule has 0 radical (unpaired) electrons. The molecule has 21 heavy (non-hydrogen) atoms. The molecule has 1 heterocycles. The predicted octanol–water partition coefficient (Wildman–Crippen LogP) is 4.06. The van der Waals surface area contributed by atoms with Gasteiger partial charge in [-0.15, -0.1) is 0 Å². The van der Waals surface area contributed by atoms with E-state index in [0.717, 1.165) is 24.7 Å². The van der Waals surface area contributed by atoms with Crippen molar-refractivity contribution in [2.24, 2.45) is 5.92 Å². The van der Waals surface area contributed by atoms with Gasteiger partial charge in [-0.2, -0.15) is 0 Å². The zero-order chi connectivity index (χ0) is 15.3. The summed E-state index contributed by atoms with van der Waals surface area (Å²) in [6.07, 6.45) is 6.72. The van der Waals surface area contributed by atoms with Crippen molar-refractivity contribution in [1.29, 1.82) is 0 Å². The highest BCUT2D eigenvalue weighted by Gasteiger charge is 2.19. The summed E-state index contributed by atoms with van der Waals surface area (Å²) < 4.78 is 6.03. The van der Waals surface area contributed by atoms with Gasteiger partial charge in [0.25, 0.3) is 0 Å². The first-order valence-corrected chi connectivity index (χ1v) is 8.28. The number of rotatable bonds is 5. The number of aromatic nitrogens is 1. The predicted molar refractivity (Wildman–Crippen MR) is 87.8 cm³/mol. The number of hydrogen-bond donors (Lipinski definition) is 1. The van der Waals surface area contributed by atoms with Crippen molar-refractivity contribution in [3.8, 4) is 5.88 Å². The average Bonchev–Trinajstić information content (AvgIpc) is 2.45. The fourth-order valence-electron chi connectivity index (χ4n) is 2.88. The van der Waals surface area contributed by atoms with E-state index in [9.17, 15) is 0 Å². The van der Waals surface area contributed by atoms with Gasteiger partial charge in [0, 0.05) is 18.0 Å². The second-order valence-corrected chi connectivity index (χ2v) is 7.29. The zero-order valence-electron chi connectivity index (χ0n) is 14.0. The van der Waals surface area contributed by atoms with Crippen LogP contribution in [0.5, 0.6) is 5.88 Å². The van der Waals surface area contributed by atoms with E-state index in [1.54, 1.807) is 0 Å². The van der Waals surface area contributed by atoms with Crippen LogP contribution in [-0.4, -0.2) is 18.6 Å². The molecule has 0 spiro atoms. The molecule has 1 saturated carbocycles. The Morgan fingerprint density at radius 3 is 2.52 bits per heavy atom. The first kappa shape index (κ1) is 16.3. The lowest BCUT2D eigenvalue weighted by Gasteiger charge is -2.23. The third kappa shape index (κ3) is 4.99. The molecule has 0 amide bonds. The Balaban J connectivity index is 2.07. The maximum atomic E-state index is 6.03. The van der Waals surface area contributed by atoms with Gasteiger partial charge in [0.2, 0.25) is 5.88 Å². The van der Waals surface area contributed by atoms with Crippen LogP contribution in [0, 0.1) is 5.92 Å². The summed E-state index contributed by atoms with van der Waals surface area (Å²) in [6.45, 7) is 8.27. The van der Waals surface area contributed by atoms with Crippen molar-refractivity contribution >= 4 is 0 Å². The van der Waals surface area contributed by atoms with E-state index < -0.39 is 0 Å². The Morgan fingerprint density at radius 1 is 1.19 bits per heavy atom. The van der Waals surface area contributed by atoms with Crippen LogP contribution in [0.3, 0.4) is 0 Å². The maximum Gasteiger partial charge on any atom is 0.213 e. The van der Waals surface area contributed by atoms with E-state index in [1.165, 1.54) is 37.7 Å². The van der Waals surface area contributed by atoms with Crippen molar-refractivity contribution in [3.63, 3.8) is 0 Å². The lowest BCUT2D eigenvalue weighted by atomic mass is 9.90. The van der Waals surface area contributed by atoms with Crippen LogP contribution in [0.1, 0.15) is 64.1 Å². The summed E-state index contributed by atoms with van der Waals surface area (Å²) in [6, 6.07) is 4.26. The molecule has 1 N–H and O–H groups in total. The van der Waals surface area contributed by atoms with Gasteiger partial charge in [-0.25, -0.2) is 4.98 Å². The molecular weight excluding hydrogens is 260 g/mol. The van der Waals surface area contributed by atoms with E-state index in [2.05, 4.69) is 38.2 Å². The van der Waals surface area contributed by atoms with Crippen LogP contribution >= 0.6 is 0 Å². The molecular formula is C18H30N2O. The molecule has 0 unspecified atom stereocenters. The van der Waals surface area contributed by atoms with Crippen LogP contribution in [0.15, 0.2) is 12.1 Å². The molecule has 0 saturated heterocycles. The fraction of sp³-hybridized carbons (Fsp3) is 0.722. The van der Waals surface area contributed by atoms with Gasteiger partial charge in [0.05, 0.1) is 12.3 Å². The van der Waals surface area contributed by atoms with Gasteiger partial charge >= 0.3 is 0 Å². The summed E-state index contributed by atoms with van der Waals surface area (Å²) in [4.78, 5) is 4.72. The summed E-state index contributed by atoms with van der Waals surface area (Å²) in [5, 5.41) is 3.21. The minimum atomic E-state index is 0.0483. The first-order chi connectivity index (χ1) is 9.99. The van der Waals surface area contributed by atoms with Gasteiger partial charge in [-0.05, 0) is 37.4 Å². The molecule has 0 bridgehead atoms. The lowest BCUT2D eigenvalue weighted by Crippen LogP contribution is -2.19. The molecule has 3 nitrogen and oxygen atoms in total. The van der Waals surface area contributed by atoms with E-state index in [1.807, 2.05) is 7.05 Å². The molecule has 0 aromatic carbocycles. The largest absolute Gasteiger partial charge is 0.477 e. The smallest absolute Gasteiger partial charge is 0.213 e. The lowest BCUT2D eigenvalue weighted by molar-refractivity contribution is 0.202. The maximum absolute atomic E-state index is 6.03. The number of pyridine rings is 1. The highest BCUT2D eigenvalue weighted by atomic mass is 16.5. The van der Waals surface area contributed by atoms with Gasteiger partial charge in [0.15, 0.2) is 0 Å². The fourth-order valence-corrected chi connectivity index (χ4v) is 2.88.